The van der Waals surface area contributed by atoms with Crippen LogP contribution in [0.2, 0.25) is 0 Å². The van der Waals surface area contributed by atoms with Crippen LogP contribution in [0.3, 0.4) is 0 Å². The van der Waals surface area contributed by atoms with Crippen LogP contribution >= 0.6 is 0 Å². The lowest BCUT2D eigenvalue weighted by atomic mass is 9.82. The molecule has 2 aliphatic rings. The second-order valence-electron chi connectivity index (χ2n) is 5.54. The minimum atomic E-state index is 0.379. The van der Waals surface area contributed by atoms with Gasteiger partial charge in [0.1, 0.15) is 0 Å². The van der Waals surface area contributed by atoms with Crippen LogP contribution in [0.5, 0.6) is 0 Å². The molecule has 1 N–H and O–H groups in total. The van der Waals surface area contributed by atoms with Gasteiger partial charge in [0.25, 0.3) is 0 Å². The molecule has 2 rings (SSSR count). The average Bonchev–Trinajstić information content (AvgIpc) is 2.00. The molecule has 0 spiro atoms. The molecule has 0 amide bonds. The molecule has 0 radical (unpaired) electrons. The third kappa shape index (κ3) is 2.01. The third-order valence-corrected chi connectivity index (χ3v) is 3.48. The Morgan fingerprint density at radius 3 is 2.43 bits per heavy atom. The van der Waals surface area contributed by atoms with E-state index in [9.17, 15) is 0 Å². The van der Waals surface area contributed by atoms with Crippen molar-refractivity contribution in [1.29, 1.82) is 0 Å². The second kappa shape index (κ2) is 3.67. The fraction of sp³-hybridized carbons (Fsp3) is 0.833. The summed E-state index contributed by atoms with van der Waals surface area (Å²) in [5.41, 5.74) is 2.02. The van der Waals surface area contributed by atoms with Crippen molar-refractivity contribution in [2.24, 2.45) is 5.41 Å². The largest absolute Gasteiger partial charge is 0.314 e. The first-order valence-corrected chi connectivity index (χ1v) is 5.71. The molecule has 80 valence electrons. The van der Waals surface area contributed by atoms with Gasteiger partial charge >= 0.3 is 0 Å². The molecular formula is C12H22N2. The summed E-state index contributed by atoms with van der Waals surface area (Å²) >= 11 is 0. The maximum atomic E-state index is 3.34. The second-order valence-corrected chi connectivity index (χ2v) is 5.54. The smallest absolute Gasteiger partial charge is 0.0348 e. The van der Waals surface area contributed by atoms with Crippen LogP contribution in [0.25, 0.3) is 0 Å². The quantitative estimate of drug-likeness (QED) is 0.638. The third-order valence-electron chi connectivity index (χ3n) is 3.48. The van der Waals surface area contributed by atoms with Gasteiger partial charge in [-0.1, -0.05) is 32.4 Å². The topological polar surface area (TPSA) is 15.3 Å². The predicted molar refractivity (Wildman–Crippen MR) is 60.4 cm³/mol. The number of hydrogen-bond acceptors (Lipinski definition) is 2. The highest BCUT2D eigenvalue weighted by Gasteiger charge is 2.27. The van der Waals surface area contributed by atoms with Crippen LogP contribution in [0, 0.1) is 5.41 Å². The predicted octanol–water partition coefficient (Wildman–Crippen LogP) is 1.64. The molecule has 0 saturated carbocycles. The van der Waals surface area contributed by atoms with Gasteiger partial charge in [0.2, 0.25) is 0 Å². The molecule has 2 heterocycles. The van der Waals surface area contributed by atoms with Crippen LogP contribution in [0.15, 0.2) is 11.6 Å². The van der Waals surface area contributed by atoms with Gasteiger partial charge in [0.05, 0.1) is 0 Å². The summed E-state index contributed by atoms with van der Waals surface area (Å²) in [6.45, 7) is 11.8. The number of nitrogens with zero attached hydrogens (tertiary/aromatic N) is 1. The van der Waals surface area contributed by atoms with Gasteiger partial charge in [-0.05, 0) is 11.8 Å². The van der Waals surface area contributed by atoms with Crippen molar-refractivity contribution in [3.63, 3.8) is 0 Å². The lowest BCUT2D eigenvalue weighted by Gasteiger charge is -2.41. The van der Waals surface area contributed by atoms with E-state index in [1.54, 1.807) is 5.57 Å². The zero-order valence-electron chi connectivity index (χ0n) is 9.64. The summed E-state index contributed by atoms with van der Waals surface area (Å²) in [5, 5.41) is 3.34. The molecule has 0 aromatic rings. The Balaban J connectivity index is 1.92. The Bertz CT molecular complexity index is 233. The first-order valence-electron chi connectivity index (χ1n) is 5.71. The average molecular weight is 194 g/mol. The molecule has 0 atom stereocenters. The molecule has 2 heteroatoms. The monoisotopic (exact) mass is 194 g/mol. The van der Waals surface area contributed by atoms with Gasteiger partial charge in [-0.3, -0.25) is 4.90 Å². The van der Waals surface area contributed by atoms with E-state index in [2.05, 4.69) is 37.1 Å². The van der Waals surface area contributed by atoms with Gasteiger partial charge in [-0.2, -0.15) is 0 Å². The van der Waals surface area contributed by atoms with Crippen LogP contribution < -0.4 is 5.32 Å². The molecule has 0 aromatic heterocycles. The molecule has 1 fully saturated rings. The zero-order valence-corrected chi connectivity index (χ0v) is 9.64. The molecule has 0 aromatic carbocycles. The Morgan fingerprint density at radius 1 is 1.36 bits per heavy atom. The maximum Gasteiger partial charge on any atom is 0.0348 e. The SMILES string of the molecule is CC(C)(C)C1=CCN(C2CNC2)CC1. The molecule has 0 unspecified atom stereocenters. The van der Waals surface area contributed by atoms with E-state index >= 15 is 0 Å². The molecule has 2 nitrogen and oxygen atoms in total. The fourth-order valence-electron chi connectivity index (χ4n) is 2.23. The van der Waals surface area contributed by atoms with Gasteiger partial charge in [0.15, 0.2) is 0 Å². The highest BCUT2D eigenvalue weighted by atomic mass is 15.2. The first kappa shape index (κ1) is 10.2. The van der Waals surface area contributed by atoms with Crippen molar-refractivity contribution in [2.45, 2.75) is 33.2 Å². The first-order chi connectivity index (χ1) is 6.57. The summed E-state index contributed by atoms with van der Waals surface area (Å²) in [6.07, 6.45) is 3.71. The van der Waals surface area contributed by atoms with Crippen LogP contribution in [0.4, 0.5) is 0 Å². The molecule has 0 bridgehead atoms. The summed E-state index contributed by atoms with van der Waals surface area (Å²) in [4.78, 5) is 2.60. The lowest BCUT2D eigenvalue weighted by Crippen LogP contribution is -2.58. The van der Waals surface area contributed by atoms with Gasteiger partial charge in [-0.25, -0.2) is 0 Å². The lowest BCUT2D eigenvalue weighted by molar-refractivity contribution is 0.152. The van der Waals surface area contributed by atoms with Crippen LogP contribution in [0.1, 0.15) is 27.2 Å². The van der Waals surface area contributed by atoms with E-state index < -0.39 is 0 Å². The maximum absolute atomic E-state index is 3.34. The molecule has 1 saturated heterocycles. The number of nitrogens with one attached hydrogen (secondary N) is 1. The minimum absolute atomic E-state index is 0.379. The summed E-state index contributed by atoms with van der Waals surface area (Å²) in [6, 6.07) is 0.813. The van der Waals surface area contributed by atoms with E-state index in [1.165, 1.54) is 32.6 Å². The standard InChI is InChI=1S/C12H22N2/c1-12(2,3)10-4-6-14(7-5-10)11-8-13-9-11/h4,11,13H,5-9H2,1-3H3. The highest BCUT2D eigenvalue weighted by molar-refractivity contribution is 5.15. The number of hydrogen-bond donors (Lipinski definition) is 1. The summed E-state index contributed by atoms with van der Waals surface area (Å²) in [5.74, 6) is 0. The fourth-order valence-corrected chi connectivity index (χ4v) is 2.23. The minimum Gasteiger partial charge on any atom is -0.314 e. The van der Waals surface area contributed by atoms with E-state index in [4.69, 9.17) is 0 Å². The molecule has 0 aliphatic carbocycles. The Labute approximate surface area is 87.4 Å². The van der Waals surface area contributed by atoms with Crippen molar-refractivity contribution in [1.82, 2.24) is 10.2 Å². The normalized spacial score (nSPS) is 25.8. The molecular weight excluding hydrogens is 172 g/mol. The van der Waals surface area contributed by atoms with E-state index in [0.717, 1.165) is 6.04 Å². The summed E-state index contributed by atoms with van der Waals surface area (Å²) < 4.78 is 0. The van der Waals surface area contributed by atoms with Crippen LogP contribution in [-0.2, 0) is 0 Å². The number of rotatable bonds is 1. The van der Waals surface area contributed by atoms with Crippen LogP contribution in [-0.4, -0.2) is 37.1 Å². The van der Waals surface area contributed by atoms with Crippen molar-refractivity contribution in [3.8, 4) is 0 Å². The van der Waals surface area contributed by atoms with Crippen molar-refractivity contribution < 1.29 is 0 Å². The molecule has 2 aliphatic heterocycles. The van der Waals surface area contributed by atoms with E-state index in [0.29, 0.717) is 5.41 Å². The Morgan fingerprint density at radius 2 is 2.07 bits per heavy atom. The Hall–Kier alpha value is -0.340. The summed E-state index contributed by atoms with van der Waals surface area (Å²) in [7, 11) is 0. The Kier molecular flexibility index (Phi) is 2.67. The van der Waals surface area contributed by atoms with E-state index in [-0.39, 0.29) is 0 Å². The van der Waals surface area contributed by atoms with E-state index in [1.807, 2.05) is 0 Å². The van der Waals surface area contributed by atoms with Gasteiger partial charge in [0, 0.05) is 32.2 Å². The highest BCUT2D eigenvalue weighted by Crippen LogP contribution is 2.30. The van der Waals surface area contributed by atoms with Gasteiger partial charge in [-0.15, -0.1) is 0 Å². The molecule has 14 heavy (non-hydrogen) atoms. The zero-order chi connectivity index (χ0) is 10.2. The van der Waals surface area contributed by atoms with Crippen molar-refractivity contribution >= 4 is 0 Å². The van der Waals surface area contributed by atoms with Gasteiger partial charge < -0.3 is 5.32 Å². The van der Waals surface area contributed by atoms with Crippen molar-refractivity contribution in [2.75, 3.05) is 26.2 Å². The van der Waals surface area contributed by atoms with Crippen molar-refractivity contribution in [3.05, 3.63) is 11.6 Å².